The van der Waals surface area contributed by atoms with Crippen LogP contribution in [0.1, 0.15) is 5.56 Å². The molecule has 62 valence electrons. The lowest BCUT2D eigenvalue weighted by Gasteiger charge is -2.00. The molecule has 0 saturated carbocycles. The van der Waals surface area contributed by atoms with Gasteiger partial charge in [0.2, 0.25) is 0 Å². The lowest BCUT2D eigenvalue weighted by Crippen LogP contribution is -2.11. The highest BCUT2D eigenvalue weighted by molar-refractivity contribution is 5.83. The van der Waals surface area contributed by atoms with Gasteiger partial charge in [-0.1, -0.05) is 5.92 Å². The average molecular weight is 165 g/mol. The molecule has 1 aromatic heterocycles. The minimum absolute atomic E-state index is 0.310. The predicted molar refractivity (Wildman–Crippen MR) is 42.8 cm³/mol. The zero-order chi connectivity index (χ0) is 9.14. The van der Waals surface area contributed by atoms with E-state index < -0.39 is 6.09 Å². The zero-order valence-electron chi connectivity index (χ0n) is 6.40. The van der Waals surface area contributed by atoms with E-state index >= 15 is 0 Å². The monoisotopic (exact) mass is 165 g/mol. The third-order valence-corrected chi connectivity index (χ3v) is 1.32. The SMILES string of the molecule is C#Cc1cnn(C)c1NC(=O)O. The fourth-order valence-corrected chi connectivity index (χ4v) is 0.793. The molecular formula is C7H7N3O2. The Kier molecular flexibility index (Phi) is 2.01. The maximum atomic E-state index is 10.3. The molecule has 0 spiro atoms. The zero-order valence-corrected chi connectivity index (χ0v) is 6.40. The first-order valence-electron chi connectivity index (χ1n) is 3.13. The van der Waals surface area contributed by atoms with Gasteiger partial charge in [-0.25, -0.2) is 4.79 Å². The Morgan fingerprint density at radius 1 is 1.92 bits per heavy atom. The molecule has 12 heavy (non-hydrogen) atoms. The first-order chi connectivity index (χ1) is 5.65. The van der Waals surface area contributed by atoms with Crippen molar-refractivity contribution >= 4 is 11.9 Å². The molecule has 0 radical (unpaired) electrons. The van der Waals surface area contributed by atoms with Gasteiger partial charge in [0.15, 0.2) is 0 Å². The maximum absolute atomic E-state index is 10.3. The normalized spacial score (nSPS) is 9.00. The molecule has 1 heterocycles. The highest BCUT2D eigenvalue weighted by atomic mass is 16.4. The van der Waals surface area contributed by atoms with Crippen LogP contribution in [0.3, 0.4) is 0 Å². The van der Waals surface area contributed by atoms with Gasteiger partial charge in [0.25, 0.3) is 0 Å². The smallest absolute Gasteiger partial charge is 0.410 e. The van der Waals surface area contributed by atoms with E-state index in [4.69, 9.17) is 11.5 Å². The molecule has 0 aromatic carbocycles. The summed E-state index contributed by atoms with van der Waals surface area (Å²) in [5.41, 5.74) is 0.430. The average Bonchev–Trinajstić information content (AvgIpc) is 2.32. The number of hydrogen-bond donors (Lipinski definition) is 2. The molecule has 0 saturated heterocycles. The van der Waals surface area contributed by atoms with Crippen molar-refractivity contribution in [3.63, 3.8) is 0 Å². The number of nitrogens with one attached hydrogen (secondary N) is 1. The molecule has 2 N–H and O–H groups in total. The molecule has 0 atom stereocenters. The van der Waals surface area contributed by atoms with E-state index in [1.165, 1.54) is 10.9 Å². The van der Waals surface area contributed by atoms with Crippen molar-refractivity contribution in [2.75, 3.05) is 5.32 Å². The van der Waals surface area contributed by atoms with Gasteiger partial charge in [-0.3, -0.25) is 10.00 Å². The van der Waals surface area contributed by atoms with Gasteiger partial charge in [0.05, 0.1) is 11.8 Å². The molecule has 0 aliphatic carbocycles. The number of hydrogen-bond acceptors (Lipinski definition) is 2. The fraction of sp³-hybridized carbons (Fsp3) is 0.143. The number of carbonyl (C=O) groups is 1. The van der Waals surface area contributed by atoms with Crippen molar-refractivity contribution in [1.82, 2.24) is 9.78 Å². The number of aryl methyl sites for hydroxylation is 1. The summed E-state index contributed by atoms with van der Waals surface area (Å²) < 4.78 is 1.36. The van der Waals surface area contributed by atoms with Crippen LogP contribution in [0.15, 0.2) is 6.20 Å². The van der Waals surface area contributed by atoms with Crippen LogP contribution in [0.4, 0.5) is 10.6 Å². The van der Waals surface area contributed by atoms with E-state index in [1.807, 2.05) is 0 Å². The van der Waals surface area contributed by atoms with Crippen LogP contribution >= 0.6 is 0 Å². The lowest BCUT2D eigenvalue weighted by molar-refractivity contribution is 0.209. The van der Waals surface area contributed by atoms with Crippen LogP contribution in [0.5, 0.6) is 0 Å². The van der Waals surface area contributed by atoms with Crippen LogP contribution in [-0.2, 0) is 7.05 Å². The molecule has 0 aliphatic rings. The molecule has 1 amide bonds. The summed E-state index contributed by atoms with van der Waals surface area (Å²) in [6, 6.07) is 0. The van der Waals surface area contributed by atoms with Crippen molar-refractivity contribution < 1.29 is 9.90 Å². The van der Waals surface area contributed by atoms with Crippen molar-refractivity contribution in [3.8, 4) is 12.3 Å². The molecular weight excluding hydrogens is 158 g/mol. The van der Waals surface area contributed by atoms with Crippen LogP contribution < -0.4 is 5.32 Å². The quantitative estimate of drug-likeness (QED) is 0.595. The molecule has 1 aromatic rings. The van der Waals surface area contributed by atoms with E-state index in [2.05, 4.69) is 16.3 Å². The summed E-state index contributed by atoms with van der Waals surface area (Å²) in [5.74, 6) is 2.62. The Hall–Kier alpha value is -1.96. The third-order valence-electron chi connectivity index (χ3n) is 1.32. The van der Waals surface area contributed by atoms with Gasteiger partial charge < -0.3 is 5.11 Å². The van der Waals surface area contributed by atoms with Gasteiger partial charge in [-0.05, 0) is 0 Å². The van der Waals surface area contributed by atoms with Gasteiger partial charge >= 0.3 is 6.09 Å². The van der Waals surface area contributed by atoms with E-state index in [-0.39, 0.29) is 0 Å². The molecule has 0 unspecified atom stereocenters. The van der Waals surface area contributed by atoms with Crippen molar-refractivity contribution in [3.05, 3.63) is 11.8 Å². The van der Waals surface area contributed by atoms with Gasteiger partial charge in [0, 0.05) is 7.05 Å². The van der Waals surface area contributed by atoms with Gasteiger partial charge in [-0.2, -0.15) is 5.10 Å². The predicted octanol–water partition coefficient (Wildman–Crippen LogP) is 0.491. The number of terminal acetylenes is 1. The molecule has 5 nitrogen and oxygen atoms in total. The van der Waals surface area contributed by atoms with Crippen molar-refractivity contribution in [2.45, 2.75) is 0 Å². The lowest BCUT2D eigenvalue weighted by atomic mass is 10.3. The number of amides is 1. The first kappa shape index (κ1) is 8.14. The summed E-state index contributed by atoms with van der Waals surface area (Å²) >= 11 is 0. The summed E-state index contributed by atoms with van der Waals surface area (Å²) in [5, 5.41) is 14.3. The Labute approximate surface area is 69.0 Å². The largest absolute Gasteiger partial charge is 0.465 e. The number of carboxylic acid groups (broad SMARTS) is 1. The third kappa shape index (κ3) is 1.37. The molecule has 5 heteroatoms. The first-order valence-corrected chi connectivity index (χ1v) is 3.13. The minimum atomic E-state index is -1.16. The van der Waals surface area contributed by atoms with E-state index in [9.17, 15) is 4.79 Å². The highest BCUT2D eigenvalue weighted by Crippen LogP contribution is 2.11. The summed E-state index contributed by atoms with van der Waals surface area (Å²) in [7, 11) is 1.60. The van der Waals surface area contributed by atoms with Crippen molar-refractivity contribution in [2.24, 2.45) is 7.05 Å². The fourth-order valence-electron chi connectivity index (χ4n) is 0.793. The van der Waals surface area contributed by atoms with E-state index in [1.54, 1.807) is 7.05 Å². The molecule has 1 rings (SSSR count). The number of nitrogens with zero attached hydrogens (tertiary/aromatic N) is 2. The minimum Gasteiger partial charge on any atom is -0.465 e. The Bertz CT molecular complexity index is 348. The molecule has 0 aliphatic heterocycles. The van der Waals surface area contributed by atoms with Crippen molar-refractivity contribution in [1.29, 1.82) is 0 Å². The second kappa shape index (κ2) is 2.96. The second-order valence-corrected chi connectivity index (χ2v) is 2.10. The topological polar surface area (TPSA) is 67.2 Å². The Morgan fingerprint density at radius 3 is 3.08 bits per heavy atom. The summed E-state index contributed by atoms with van der Waals surface area (Å²) in [4.78, 5) is 10.3. The molecule has 0 fully saturated rings. The number of aromatic nitrogens is 2. The van der Waals surface area contributed by atoms with E-state index in [0.717, 1.165) is 0 Å². The van der Waals surface area contributed by atoms with Crippen LogP contribution in [-0.4, -0.2) is 21.0 Å². The van der Waals surface area contributed by atoms with Gasteiger partial charge in [-0.15, -0.1) is 6.42 Å². The van der Waals surface area contributed by atoms with E-state index in [0.29, 0.717) is 11.4 Å². The van der Waals surface area contributed by atoms with Crippen LogP contribution in [0.2, 0.25) is 0 Å². The maximum Gasteiger partial charge on any atom is 0.410 e. The van der Waals surface area contributed by atoms with Crippen LogP contribution in [0, 0.1) is 12.3 Å². The number of rotatable bonds is 1. The summed E-state index contributed by atoms with van der Waals surface area (Å²) in [6.07, 6.45) is 5.37. The molecule has 0 bridgehead atoms. The number of anilines is 1. The Morgan fingerprint density at radius 2 is 2.58 bits per heavy atom. The Balaban J connectivity index is 3.04. The van der Waals surface area contributed by atoms with Crippen LogP contribution in [0.25, 0.3) is 0 Å². The second-order valence-electron chi connectivity index (χ2n) is 2.10. The highest BCUT2D eigenvalue weighted by Gasteiger charge is 2.07. The van der Waals surface area contributed by atoms with Gasteiger partial charge in [0.1, 0.15) is 5.82 Å². The standard InChI is InChI=1S/C7H7N3O2/c1-3-5-4-8-10(2)6(5)9-7(11)12/h1,4,9H,2H3,(H,11,12). The summed E-state index contributed by atoms with van der Waals surface area (Å²) in [6.45, 7) is 0.